The third kappa shape index (κ3) is 2.92. The third-order valence-electron chi connectivity index (χ3n) is 2.55. The number of ether oxygens (including phenoxy) is 1. The van der Waals surface area contributed by atoms with Crippen LogP contribution < -0.4 is 10.0 Å². The van der Waals surface area contributed by atoms with E-state index in [1.807, 2.05) is 54.6 Å². The molecule has 0 saturated heterocycles. The maximum absolute atomic E-state index is 12.2. The van der Waals surface area contributed by atoms with Gasteiger partial charge in [0.1, 0.15) is 5.75 Å². The maximum atomic E-state index is 12.2. The Bertz CT molecular complexity index is 509. The highest BCUT2D eigenvalue weighted by Crippen LogP contribution is 2.30. The first kappa shape index (κ1) is 11.8. The van der Waals surface area contributed by atoms with Crippen LogP contribution >= 0.6 is 7.80 Å². The van der Waals surface area contributed by atoms with E-state index < -0.39 is 7.80 Å². The average Bonchev–Trinajstić information content (AvgIpc) is 2.40. The van der Waals surface area contributed by atoms with Crippen molar-refractivity contribution >= 4 is 13.1 Å². The zero-order valence-corrected chi connectivity index (χ0v) is 10.6. The van der Waals surface area contributed by atoms with Crippen LogP contribution in [0.5, 0.6) is 5.75 Å². The normalized spacial score (nSPS) is 11.0. The fourth-order valence-electron chi connectivity index (χ4n) is 1.67. The largest absolute Gasteiger partial charge is 0.496 e. The van der Waals surface area contributed by atoms with E-state index in [0.29, 0.717) is 6.16 Å². The molecule has 1 atom stereocenters. The van der Waals surface area contributed by atoms with Gasteiger partial charge >= 0.3 is 7.80 Å². The SMILES string of the molecule is COc1ccccc1C[P+](=O)c1ccccc1. The molecule has 86 valence electrons. The van der Waals surface area contributed by atoms with E-state index in [-0.39, 0.29) is 0 Å². The summed E-state index contributed by atoms with van der Waals surface area (Å²) >= 11 is 0. The van der Waals surface area contributed by atoms with Crippen LogP contribution in [0.15, 0.2) is 54.6 Å². The van der Waals surface area contributed by atoms with Crippen LogP contribution in [-0.4, -0.2) is 7.11 Å². The van der Waals surface area contributed by atoms with Gasteiger partial charge in [0.2, 0.25) is 0 Å². The summed E-state index contributed by atoms with van der Waals surface area (Å²) in [6, 6.07) is 17.2. The number of hydrogen-bond donors (Lipinski definition) is 0. The van der Waals surface area contributed by atoms with Gasteiger partial charge in [-0.15, -0.1) is 0 Å². The molecule has 2 aromatic carbocycles. The van der Waals surface area contributed by atoms with Crippen molar-refractivity contribution in [1.29, 1.82) is 0 Å². The Balaban J connectivity index is 2.19. The minimum atomic E-state index is -1.40. The smallest absolute Gasteiger partial charge is 0.381 e. The standard InChI is InChI=1S/C14H14O2P/c1-16-14-10-6-5-7-12(14)11-17(15)13-8-3-2-4-9-13/h2-10H,11H2,1H3/q+1. The number of benzene rings is 2. The Hall–Kier alpha value is -1.66. The molecular formula is C14H14O2P+. The fourth-order valence-corrected chi connectivity index (χ4v) is 2.93. The molecular weight excluding hydrogens is 231 g/mol. The summed E-state index contributed by atoms with van der Waals surface area (Å²) in [6.07, 6.45) is 0.517. The van der Waals surface area contributed by atoms with Crippen molar-refractivity contribution in [2.45, 2.75) is 6.16 Å². The molecule has 0 bridgehead atoms. The van der Waals surface area contributed by atoms with Crippen LogP contribution in [0.25, 0.3) is 0 Å². The quantitative estimate of drug-likeness (QED) is 0.772. The Labute approximate surface area is 102 Å². The molecule has 0 radical (unpaired) electrons. The van der Waals surface area contributed by atoms with Gasteiger partial charge in [0.25, 0.3) is 0 Å². The second-order valence-corrected chi connectivity index (χ2v) is 5.27. The van der Waals surface area contributed by atoms with Gasteiger partial charge in [0, 0.05) is 5.56 Å². The van der Waals surface area contributed by atoms with Gasteiger partial charge in [-0.3, -0.25) is 0 Å². The summed E-state index contributed by atoms with van der Waals surface area (Å²) < 4.78 is 17.4. The Kier molecular flexibility index (Phi) is 3.89. The second-order valence-electron chi connectivity index (χ2n) is 3.68. The highest BCUT2D eigenvalue weighted by Gasteiger charge is 2.21. The molecule has 1 unspecified atom stereocenters. The molecule has 2 aromatic rings. The van der Waals surface area contributed by atoms with Crippen molar-refractivity contribution in [3.05, 3.63) is 60.2 Å². The van der Waals surface area contributed by atoms with E-state index >= 15 is 0 Å². The van der Waals surface area contributed by atoms with E-state index in [9.17, 15) is 4.57 Å². The molecule has 0 amide bonds. The summed E-state index contributed by atoms with van der Waals surface area (Å²) in [5.41, 5.74) is 0.986. The van der Waals surface area contributed by atoms with Crippen molar-refractivity contribution in [1.82, 2.24) is 0 Å². The first-order chi connectivity index (χ1) is 8.31. The number of hydrogen-bond acceptors (Lipinski definition) is 2. The minimum Gasteiger partial charge on any atom is -0.496 e. The highest BCUT2D eigenvalue weighted by molar-refractivity contribution is 7.52. The van der Waals surface area contributed by atoms with Gasteiger partial charge in [-0.05, 0) is 18.2 Å². The summed E-state index contributed by atoms with van der Waals surface area (Å²) in [4.78, 5) is 0. The van der Waals surface area contributed by atoms with Crippen LogP contribution in [0.3, 0.4) is 0 Å². The lowest BCUT2D eigenvalue weighted by molar-refractivity contribution is 0.411. The number of para-hydroxylation sites is 1. The molecule has 0 heterocycles. The molecule has 2 nitrogen and oxygen atoms in total. The zero-order valence-electron chi connectivity index (χ0n) is 9.67. The summed E-state index contributed by atoms with van der Waals surface area (Å²) in [6.45, 7) is 0. The molecule has 3 heteroatoms. The van der Waals surface area contributed by atoms with E-state index in [1.165, 1.54) is 0 Å². The van der Waals surface area contributed by atoms with E-state index in [0.717, 1.165) is 16.6 Å². The van der Waals surface area contributed by atoms with E-state index in [4.69, 9.17) is 4.74 Å². The lowest BCUT2D eigenvalue weighted by Gasteiger charge is -2.02. The molecule has 0 saturated carbocycles. The molecule has 2 rings (SSSR count). The Morgan fingerprint density at radius 2 is 1.65 bits per heavy atom. The van der Waals surface area contributed by atoms with Crippen molar-refractivity contribution < 1.29 is 9.30 Å². The van der Waals surface area contributed by atoms with Crippen molar-refractivity contribution in [3.63, 3.8) is 0 Å². The molecule has 0 aliphatic carbocycles. The van der Waals surface area contributed by atoms with E-state index in [2.05, 4.69) is 0 Å². The lowest BCUT2D eigenvalue weighted by Crippen LogP contribution is -1.97. The van der Waals surface area contributed by atoms with Crippen LogP contribution in [-0.2, 0) is 10.7 Å². The van der Waals surface area contributed by atoms with E-state index in [1.54, 1.807) is 7.11 Å². The van der Waals surface area contributed by atoms with Crippen LogP contribution in [0, 0.1) is 0 Å². The Morgan fingerprint density at radius 3 is 2.35 bits per heavy atom. The average molecular weight is 245 g/mol. The van der Waals surface area contributed by atoms with Crippen LogP contribution in [0.1, 0.15) is 5.56 Å². The predicted octanol–water partition coefficient (Wildman–Crippen LogP) is 3.35. The zero-order chi connectivity index (χ0) is 12.1. The molecule has 0 aromatic heterocycles. The van der Waals surface area contributed by atoms with Gasteiger partial charge < -0.3 is 4.74 Å². The van der Waals surface area contributed by atoms with Gasteiger partial charge in [0.05, 0.1) is 7.11 Å². The first-order valence-electron chi connectivity index (χ1n) is 5.43. The third-order valence-corrected chi connectivity index (χ3v) is 4.05. The van der Waals surface area contributed by atoms with Gasteiger partial charge in [0.15, 0.2) is 11.5 Å². The molecule has 0 aliphatic heterocycles. The second kappa shape index (κ2) is 5.60. The van der Waals surface area contributed by atoms with Gasteiger partial charge in [-0.2, -0.15) is 0 Å². The van der Waals surface area contributed by atoms with Crippen LogP contribution in [0.2, 0.25) is 0 Å². The molecule has 0 fully saturated rings. The minimum absolute atomic E-state index is 0.517. The molecule has 17 heavy (non-hydrogen) atoms. The Morgan fingerprint density at radius 1 is 1.00 bits per heavy atom. The summed E-state index contributed by atoms with van der Waals surface area (Å²) in [5, 5.41) is 0.883. The number of rotatable bonds is 4. The van der Waals surface area contributed by atoms with Crippen molar-refractivity contribution in [2.75, 3.05) is 7.11 Å². The fraction of sp³-hybridized carbons (Fsp3) is 0.143. The van der Waals surface area contributed by atoms with Crippen molar-refractivity contribution in [2.24, 2.45) is 0 Å². The van der Waals surface area contributed by atoms with Gasteiger partial charge in [-0.1, -0.05) is 41.0 Å². The lowest BCUT2D eigenvalue weighted by atomic mass is 10.2. The predicted molar refractivity (Wildman–Crippen MR) is 70.4 cm³/mol. The molecule has 0 spiro atoms. The highest BCUT2D eigenvalue weighted by atomic mass is 31.1. The summed E-state index contributed by atoms with van der Waals surface area (Å²) in [5.74, 6) is 0.798. The van der Waals surface area contributed by atoms with Gasteiger partial charge in [-0.25, -0.2) is 0 Å². The van der Waals surface area contributed by atoms with Crippen LogP contribution in [0.4, 0.5) is 0 Å². The topological polar surface area (TPSA) is 26.3 Å². The summed E-state index contributed by atoms with van der Waals surface area (Å²) in [7, 11) is 0.229. The maximum Gasteiger partial charge on any atom is 0.381 e. The number of methoxy groups -OCH3 is 1. The first-order valence-corrected chi connectivity index (χ1v) is 6.87. The van der Waals surface area contributed by atoms with Crippen molar-refractivity contribution in [3.8, 4) is 5.75 Å². The molecule has 0 N–H and O–H groups in total. The monoisotopic (exact) mass is 245 g/mol. The molecule has 0 aliphatic rings.